The first-order chi connectivity index (χ1) is 11.7. The Kier molecular flexibility index (Phi) is 4.69. The third-order valence-corrected chi connectivity index (χ3v) is 3.90. The molecule has 0 radical (unpaired) electrons. The minimum absolute atomic E-state index is 0.0548. The number of nitrogens with zero attached hydrogens (tertiary/aromatic N) is 4. The van der Waals surface area contributed by atoms with Crippen molar-refractivity contribution in [3.05, 3.63) is 58.1 Å². The summed E-state index contributed by atoms with van der Waals surface area (Å²) in [6.07, 6.45) is 1.95. The van der Waals surface area contributed by atoms with Crippen LogP contribution in [-0.4, -0.2) is 21.8 Å². The number of anilines is 1. The van der Waals surface area contributed by atoms with E-state index >= 15 is 0 Å². The third kappa shape index (κ3) is 3.19. The average Bonchev–Trinajstić information content (AvgIpc) is 3.07. The van der Waals surface area contributed by atoms with Crippen molar-refractivity contribution in [2.24, 2.45) is 0 Å². The van der Waals surface area contributed by atoms with Crippen LogP contribution in [0.4, 0.5) is 11.4 Å². The molecule has 1 aromatic heterocycles. The Morgan fingerprint density at radius 1 is 1.17 bits per heavy atom. The molecule has 0 atom stereocenters. The largest absolute Gasteiger partial charge is 0.362 e. The van der Waals surface area contributed by atoms with Gasteiger partial charge in [-0.05, 0) is 34.4 Å². The average molecular weight is 326 g/mol. The van der Waals surface area contributed by atoms with Crippen molar-refractivity contribution >= 4 is 22.4 Å². The van der Waals surface area contributed by atoms with Crippen molar-refractivity contribution in [3.8, 4) is 0 Å². The molecule has 0 N–H and O–H groups in total. The Hall–Kier alpha value is -2.96. The van der Waals surface area contributed by atoms with Crippen LogP contribution in [0.3, 0.4) is 0 Å². The molecule has 0 saturated carbocycles. The van der Waals surface area contributed by atoms with E-state index in [4.69, 9.17) is 0 Å². The molecule has 7 heteroatoms. The fourth-order valence-corrected chi connectivity index (χ4v) is 2.70. The predicted molar refractivity (Wildman–Crippen MR) is 90.9 cm³/mol. The second kappa shape index (κ2) is 7.08. The van der Waals surface area contributed by atoms with E-state index in [0.29, 0.717) is 17.7 Å². The topological polar surface area (TPSA) is 85.3 Å². The lowest BCUT2D eigenvalue weighted by Crippen LogP contribution is -2.24. The molecule has 124 valence electrons. The number of hydrogen-bond donors (Lipinski definition) is 0. The number of fused-ring (bicyclic) bond motifs is 1. The van der Waals surface area contributed by atoms with Crippen LogP contribution in [0.5, 0.6) is 0 Å². The smallest absolute Gasteiger partial charge is 0.323 e. The second-order valence-corrected chi connectivity index (χ2v) is 5.58. The first-order valence-corrected chi connectivity index (χ1v) is 7.89. The number of unbranched alkanes of at least 4 members (excludes halogenated alkanes) is 1. The number of benzene rings is 2. The summed E-state index contributed by atoms with van der Waals surface area (Å²) in [6, 6.07) is 13.3. The van der Waals surface area contributed by atoms with Crippen LogP contribution in [0, 0.1) is 10.1 Å². The SMILES string of the molecule is CCCCN(Cc1ccccc1)c1ccc2nonc2c1[N+](=O)[O-]. The molecule has 0 fully saturated rings. The van der Waals surface area contributed by atoms with Gasteiger partial charge in [-0.2, -0.15) is 0 Å². The number of hydrogen-bond acceptors (Lipinski definition) is 6. The van der Waals surface area contributed by atoms with E-state index in [1.54, 1.807) is 12.1 Å². The Morgan fingerprint density at radius 2 is 1.96 bits per heavy atom. The molecular weight excluding hydrogens is 308 g/mol. The zero-order valence-corrected chi connectivity index (χ0v) is 13.4. The highest BCUT2D eigenvalue weighted by Crippen LogP contribution is 2.35. The molecule has 0 amide bonds. The second-order valence-electron chi connectivity index (χ2n) is 5.58. The number of aromatic nitrogens is 2. The van der Waals surface area contributed by atoms with E-state index < -0.39 is 4.92 Å². The van der Waals surface area contributed by atoms with Crippen molar-refractivity contribution < 1.29 is 9.55 Å². The summed E-state index contributed by atoms with van der Waals surface area (Å²) in [5.41, 5.74) is 2.16. The maximum absolute atomic E-state index is 11.6. The van der Waals surface area contributed by atoms with Crippen molar-refractivity contribution in [2.45, 2.75) is 26.3 Å². The van der Waals surface area contributed by atoms with Gasteiger partial charge in [0.1, 0.15) is 11.2 Å². The lowest BCUT2D eigenvalue weighted by atomic mass is 10.1. The lowest BCUT2D eigenvalue weighted by molar-refractivity contribution is -0.382. The first kappa shape index (κ1) is 15.9. The zero-order chi connectivity index (χ0) is 16.9. The van der Waals surface area contributed by atoms with Crippen molar-refractivity contribution in [3.63, 3.8) is 0 Å². The summed E-state index contributed by atoms with van der Waals surface area (Å²) in [5.74, 6) is 0. The quantitative estimate of drug-likeness (QED) is 0.483. The van der Waals surface area contributed by atoms with Gasteiger partial charge in [-0.1, -0.05) is 43.7 Å². The van der Waals surface area contributed by atoms with E-state index in [2.05, 4.69) is 21.9 Å². The standard InChI is InChI=1S/C17H18N4O3/c1-2-3-11-20(12-13-7-5-4-6-8-13)15-10-9-14-16(19-24-18-14)17(15)21(22)23/h4-10H,2-3,11-12H2,1H3. The summed E-state index contributed by atoms with van der Waals surface area (Å²) in [7, 11) is 0. The minimum Gasteiger partial charge on any atom is -0.362 e. The molecule has 0 aliphatic heterocycles. The Bertz CT molecular complexity index is 832. The molecular formula is C17H18N4O3. The Labute approximate surface area is 139 Å². The van der Waals surface area contributed by atoms with Gasteiger partial charge in [0.25, 0.3) is 0 Å². The Balaban J connectivity index is 2.04. The fraction of sp³-hybridized carbons (Fsp3) is 0.294. The molecule has 2 aromatic carbocycles. The van der Waals surface area contributed by atoms with Gasteiger partial charge in [0.15, 0.2) is 0 Å². The number of nitro groups is 1. The van der Waals surface area contributed by atoms with Gasteiger partial charge in [-0.3, -0.25) is 10.1 Å². The van der Waals surface area contributed by atoms with Gasteiger partial charge in [0.05, 0.1) is 4.92 Å². The maximum atomic E-state index is 11.6. The van der Waals surface area contributed by atoms with Gasteiger partial charge in [0.2, 0.25) is 5.52 Å². The van der Waals surface area contributed by atoms with Crippen LogP contribution >= 0.6 is 0 Å². The highest BCUT2D eigenvalue weighted by atomic mass is 16.6. The summed E-state index contributed by atoms with van der Waals surface area (Å²) in [4.78, 5) is 13.2. The van der Waals surface area contributed by atoms with Crippen LogP contribution in [0.25, 0.3) is 11.0 Å². The van der Waals surface area contributed by atoms with E-state index in [9.17, 15) is 10.1 Å². The van der Waals surface area contributed by atoms with Gasteiger partial charge < -0.3 is 4.90 Å². The van der Waals surface area contributed by atoms with Crippen LogP contribution < -0.4 is 4.90 Å². The highest BCUT2D eigenvalue weighted by molar-refractivity contribution is 5.91. The van der Waals surface area contributed by atoms with Gasteiger partial charge in [0, 0.05) is 13.1 Å². The molecule has 0 aliphatic carbocycles. The van der Waals surface area contributed by atoms with Crippen molar-refractivity contribution in [2.75, 3.05) is 11.4 Å². The molecule has 0 bridgehead atoms. The lowest BCUT2D eigenvalue weighted by Gasteiger charge is -2.24. The normalized spacial score (nSPS) is 10.9. The van der Waals surface area contributed by atoms with Crippen LogP contribution in [0.1, 0.15) is 25.3 Å². The maximum Gasteiger partial charge on any atom is 0.323 e. The number of rotatable bonds is 7. The molecule has 24 heavy (non-hydrogen) atoms. The fourth-order valence-electron chi connectivity index (χ4n) is 2.70. The molecule has 0 spiro atoms. The molecule has 0 saturated heterocycles. The molecule has 1 heterocycles. The summed E-state index contributed by atoms with van der Waals surface area (Å²) < 4.78 is 4.67. The van der Waals surface area contributed by atoms with E-state index in [1.807, 2.05) is 35.2 Å². The highest BCUT2D eigenvalue weighted by Gasteiger charge is 2.26. The zero-order valence-electron chi connectivity index (χ0n) is 13.4. The third-order valence-electron chi connectivity index (χ3n) is 3.90. The minimum atomic E-state index is -0.411. The van der Waals surface area contributed by atoms with Crippen LogP contribution in [-0.2, 0) is 6.54 Å². The van der Waals surface area contributed by atoms with Gasteiger partial charge in [-0.25, -0.2) is 4.63 Å². The van der Waals surface area contributed by atoms with Crippen LogP contribution in [0.2, 0.25) is 0 Å². The van der Waals surface area contributed by atoms with Crippen molar-refractivity contribution in [1.82, 2.24) is 10.3 Å². The molecule has 3 aromatic rings. The molecule has 7 nitrogen and oxygen atoms in total. The van der Waals surface area contributed by atoms with Gasteiger partial charge >= 0.3 is 5.69 Å². The summed E-state index contributed by atoms with van der Waals surface area (Å²) >= 11 is 0. The Morgan fingerprint density at radius 3 is 2.67 bits per heavy atom. The summed E-state index contributed by atoms with van der Waals surface area (Å²) in [6.45, 7) is 3.42. The van der Waals surface area contributed by atoms with E-state index in [0.717, 1.165) is 24.9 Å². The summed E-state index contributed by atoms with van der Waals surface area (Å²) in [5, 5.41) is 19.0. The van der Waals surface area contributed by atoms with E-state index in [-0.39, 0.29) is 11.2 Å². The number of nitro benzene ring substituents is 1. The molecule has 0 aliphatic rings. The van der Waals surface area contributed by atoms with Crippen LogP contribution in [0.15, 0.2) is 47.1 Å². The first-order valence-electron chi connectivity index (χ1n) is 7.89. The van der Waals surface area contributed by atoms with Crippen molar-refractivity contribution in [1.29, 1.82) is 0 Å². The predicted octanol–water partition coefficient (Wildman–Crippen LogP) is 3.94. The molecule has 3 rings (SSSR count). The monoisotopic (exact) mass is 326 g/mol. The molecule has 0 unspecified atom stereocenters. The van der Waals surface area contributed by atoms with Gasteiger partial charge in [-0.15, -0.1) is 0 Å². The van der Waals surface area contributed by atoms with E-state index in [1.165, 1.54) is 0 Å².